The van der Waals surface area contributed by atoms with Gasteiger partial charge < -0.3 is 10.1 Å². The van der Waals surface area contributed by atoms with Crippen LogP contribution in [-0.2, 0) is 9.53 Å². The number of ether oxygens (including phenoxy) is 1. The van der Waals surface area contributed by atoms with Crippen molar-refractivity contribution in [2.75, 3.05) is 38.2 Å². The standard InChI is InChI=1S/C19H18BrClN2O3/c20-13-5-6-17(22-18(24)12-23-7-9-26-10-8-23)15(11-13)19(25)14-3-1-2-4-16(14)21/h1-6,11H,7-10,12H2,(H,22,24). The van der Waals surface area contributed by atoms with E-state index in [0.717, 1.165) is 17.6 Å². The first-order valence-electron chi connectivity index (χ1n) is 8.23. The summed E-state index contributed by atoms with van der Waals surface area (Å²) in [7, 11) is 0. The molecule has 1 aliphatic heterocycles. The highest BCUT2D eigenvalue weighted by atomic mass is 79.9. The molecule has 26 heavy (non-hydrogen) atoms. The summed E-state index contributed by atoms with van der Waals surface area (Å²) in [6.45, 7) is 2.96. The van der Waals surface area contributed by atoms with Crippen molar-refractivity contribution in [1.29, 1.82) is 0 Å². The molecule has 1 amide bonds. The molecule has 3 rings (SSSR count). The topological polar surface area (TPSA) is 58.6 Å². The molecule has 1 saturated heterocycles. The van der Waals surface area contributed by atoms with E-state index in [-0.39, 0.29) is 18.2 Å². The first-order valence-corrected chi connectivity index (χ1v) is 9.40. The van der Waals surface area contributed by atoms with Crippen LogP contribution in [0.4, 0.5) is 5.69 Å². The van der Waals surface area contributed by atoms with E-state index >= 15 is 0 Å². The van der Waals surface area contributed by atoms with E-state index in [1.165, 1.54) is 0 Å². The second-order valence-corrected chi connectivity index (χ2v) is 7.26. The van der Waals surface area contributed by atoms with Crippen LogP contribution in [0.1, 0.15) is 15.9 Å². The van der Waals surface area contributed by atoms with Gasteiger partial charge in [0, 0.05) is 28.7 Å². The molecule has 0 aromatic heterocycles. The maximum atomic E-state index is 12.9. The Labute approximate surface area is 165 Å². The number of ketones is 1. The Morgan fingerprint density at radius 1 is 1.12 bits per heavy atom. The molecule has 7 heteroatoms. The van der Waals surface area contributed by atoms with E-state index in [1.807, 2.05) is 4.90 Å². The Morgan fingerprint density at radius 3 is 2.58 bits per heavy atom. The minimum atomic E-state index is -0.237. The van der Waals surface area contributed by atoms with Crippen LogP contribution in [0.15, 0.2) is 46.9 Å². The Bertz CT molecular complexity index is 822. The minimum absolute atomic E-state index is 0.164. The first-order chi connectivity index (χ1) is 12.5. The van der Waals surface area contributed by atoms with E-state index in [2.05, 4.69) is 21.2 Å². The number of nitrogens with one attached hydrogen (secondary N) is 1. The minimum Gasteiger partial charge on any atom is -0.379 e. The maximum absolute atomic E-state index is 12.9. The van der Waals surface area contributed by atoms with Gasteiger partial charge in [-0.2, -0.15) is 0 Å². The largest absolute Gasteiger partial charge is 0.379 e. The average Bonchev–Trinajstić information content (AvgIpc) is 2.64. The van der Waals surface area contributed by atoms with Crippen molar-refractivity contribution in [3.8, 4) is 0 Å². The highest BCUT2D eigenvalue weighted by molar-refractivity contribution is 9.10. The summed E-state index contributed by atoms with van der Waals surface area (Å²) in [4.78, 5) is 27.4. The molecule has 0 unspecified atom stereocenters. The van der Waals surface area contributed by atoms with Crippen molar-refractivity contribution in [3.05, 3.63) is 63.1 Å². The zero-order chi connectivity index (χ0) is 18.5. The number of anilines is 1. The van der Waals surface area contributed by atoms with E-state index in [9.17, 15) is 9.59 Å². The van der Waals surface area contributed by atoms with Crippen molar-refractivity contribution in [2.45, 2.75) is 0 Å². The fourth-order valence-corrected chi connectivity index (χ4v) is 3.34. The molecular weight excluding hydrogens is 420 g/mol. The number of nitrogens with zero attached hydrogens (tertiary/aromatic N) is 1. The highest BCUT2D eigenvalue weighted by Gasteiger charge is 2.19. The van der Waals surface area contributed by atoms with Gasteiger partial charge in [0.2, 0.25) is 5.91 Å². The lowest BCUT2D eigenvalue weighted by atomic mass is 10.0. The van der Waals surface area contributed by atoms with Gasteiger partial charge in [-0.15, -0.1) is 0 Å². The molecule has 1 heterocycles. The van der Waals surface area contributed by atoms with Crippen LogP contribution < -0.4 is 5.32 Å². The molecule has 136 valence electrons. The molecule has 1 fully saturated rings. The molecule has 5 nitrogen and oxygen atoms in total. The van der Waals surface area contributed by atoms with Crippen molar-refractivity contribution < 1.29 is 14.3 Å². The zero-order valence-corrected chi connectivity index (χ0v) is 16.3. The third-order valence-electron chi connectivity index (χ3n) is 4.09. The van der Waals surface area contributed by atoms with E-state index in [0.29, 0.717) is 35.1 Å². The zero-order valence-electron chi connectivity index (χ0n) is 14.0. The summed E-state index contributed by atoms with van der Waals surface area (Å²) in [5, 5.41) is 3.23. The average molecular weight is 438 g/mol. The van der Waals surface area contributed by atoms with Crippen molar-refractivity contribution >= 4 is 44.9 Å². The van der Waals surface area contributed by atoms with Gasteiger partial charge in [0.25, 0.3) is 0 Å². The third kappa shape index (κ3) is 4.71. The van der Waals surface area contributed by atoms with Crippen LogP contribution in [0.2, 0.25) is 5.02 Å². The Kier molecular flexibility index (Phi) is 6.43. The third-order valence-corrected chi connectivity index (χ3v) is 4.91. The van der Waals surface area contributed by atoms with Gasteiger partial charge in [-0.25, -0.2) is 0 Å². The Morgan fingerprint density at radius 2 is 1.85 bits per heavy atom. The molecule has 0 spiro atoms. The van der Waals surface area contributed by atoms with Crippen LogP contribution in [-0.4, -0.2) is 49.4 Å². The van der Waals surface area contributed by atoms with Crippen molar-refractivity contribution in [3.63, 3.8) is 0 Å². The lowest BCUT2D eigenvalue weighted by molar-refractivity contribution is -0.118. The van der Waals surface area contributed by atoms with E-state index in [1.54, 1.807) is 42.5 Å². The quantitative estimate of drug-likeness (QED) is 0.726. The summed E-state index contributed by atoms with van der Waals surface area (Å²) in [6, 6.07) is 12.1. The molecule has 0 aliphatic carbocycles. The fraction of sp³-hybridized carbons (Fsp3) is 0.263. The van der Waals surface area contributed by atoms with Gasteiger partial charge >= 0.3 is 0 Å². The predicted octanol–water partition coefficient (Wildman–Crippen LogP) is 3.60. The summed E-state index contributed by atoms with van der Waals surface area (Å²) in [6.07, 6.45) is 0. The number of halogens is 2. The predicted molar refractivity (Wildman–Crippen MR) is 105 cm³/mol. The number of hydrogen-bond acceptors (Lipinski definition) is 4. The number of hydrogen-bond donors (Lipinski definition) is 1. The number of morpholine rings is 1. The second kappa shape index (κ2) is 8.77. The van der Waals surface area contributed by atoms with Crippen molar-refractivity contribution in [2.24, 2.45) is 0 Å². The van der Waals surface area contributed by atoms with Gasteiger partial charge in [0.15, 0.2) is 5.78 Å². The van der Waals surface area contributed by atoms with Crippen LogP contribution >= 0.6 is 27.5 Å². The number of carbonyl (C=O) groups is 2. The molecular formula is C19H18BrClN2O3. The molecule has 1 aliphatic rings. The normalized spacial score (nSPS) is 14.8. The monoisotopic (exact) mass is 436 g/mol. The van der Waals surface area contributed by atoms with E-state index in [4.69, 9.17) is 16.3 Å². The second-order valence-electron chi connectivity index (χ2n) is 5.94. The first kappa shape index (κ1) is 19.0. The SMILES string of the molecule is O=C(CN1CCOCC1)Nc1ccc(Br)cc1C(=O)c1ccccc1Cl. The number of carbonyl (C=O) groups excluding carboxylic acids is 2. The van der Waals surface area contributed by atoms with Crippen molar-refractivity contribution in [1.82, 2.24) is 4.90 Å². The van der Waals surface area contributed by atoms with Crippen LogP contribution in [0.3, 0.4) is 0 Å². The molecule has 0 saturated carbocycles. The van der Waals surface area contributed by atoms with E-state index < -0.39 is 0 Å². The van der Waals surface area contributed by atoms with Gasteiger partial charge in [0.1, 0.15) is 0 Å². The summed E-state index contributed by atoms with van der Waals surface area (Å²) >= 11 is 9.54. The van der Waals surface area contributed by atoms with Crippen LogP contribution in [0, 0.1) is 0 Å². The molecule has 0 radical (unpaired) electrons. The van der Waals surface area contributed by atoms with Crippen LogP contribution in [0.25, 0.3) is 0 Å². The smallest absolute Gasteiger partial charge is 0.238 e. The van der Waals surface area contributed by atoms with Gasteiger partial charge in [-0.05, 0) is 30.3 Å². The Balaban J connectivity index is 1.80. The van der Waals surface area contributed by atoms with Crippen LogP contribution in [0.5, 0.6) is 0 Å². The lowest BCUT2D eigenvalue weighted by Gasteiger charge is -2.26. The fourth-order valence-electron chi connectivity index (χ4n) is 2.76. The Hall–Kier alpha value is -1.73. The lowest BCUT2D eigenvalue weighted by Crippen LogP contribution is -2.41. The molecule has 0 atom stereocenters. The summed E-state index contributed by atoms with van der Waals surface area (Å²) in [5.74, 6) is -0.402. The molecule has 0 bridgehead atoms. The molecule has 1 N–H and O–H groups in total. The number of benzene rings is 2. The van der Waals surface area contributed by atoms with Gasteiger partial charge in [-0.1, -0.05) is 39.7 Å². The number of amides is 1. The van der Waals surface area contributed by atoms with Gasteiger partial charge in [0.05, 0.1) is 30.5 Å². The highest BCUT2D eigenvalue weighted by Crippen LogP contribution is 2.26. The maximum Gasteiger partial charge on any atom is 0.238 e. The summed E-state index contributed by atoms with van der Waals surface area (Å²) < 4.78 is 6.04. The summed E-state index contributed by atoms with van der Waals surface area (Å²) in [5.41, 5.74) is 1.26. The van der Waals surface area contributed by atoms with Gasteiger partial charge in [-0.3, -0.25) is 14.5 Å². The molecule has 2 aromatic rings. The number of rotatable bonds is 5. The molecule has 2 aromatic carbocycles.